The van der Waals surface area contributed by atoms with Crippen molar-refractivity contribution in [2.75, 3.05) is 6.79 Å². The number of phenols is 1. The van der Waals surface area contributed by atoms with Crippen LogP contribution in [0.25, 0.3) is 0 Å². The smallest absolute Gasteiger partial charge is 0.431 e. The zero-order valence-corrected chi connectivity index (χ0v) is 13.2. The number of aliphatic hydroxyl groups excluding tert-OH is 2. The van der Waals surface area contributed by atoms with E-state index in [-0.39, 0.29) is 40.9 Å². The Hall–Kier alpha value is -2.76. The highest BCUT2D eigenvalue weighted by Crippen LogP contribution is 2.50. The maximum atomic E-state index is 12.5. The topological polar surface area (TPSA) is 169 Å². The van der Waals surface area contributed by atoms with Crippen molar-refractivity contribution in [1.82, 2.24) is 10.4 Å². The second-order valence-corrected chi connectivity index (χ2v) is 6.44. The van der Waals surface area contributed by atoms with Crippen LogP contribution >= 0.6 is 0 Å². The van der Waals surface area contributed by atoms with Gasteiger partial charge >= 0.3 is 6.09 Å². The van der Waals surface area contributed by atoms with E-state index in [0.717, 1.165) is 0 Å². The van der Waals surface area contributed by atoms with E-state index in [0.29, 0.717) is 0 Å². The summed E-state index contributed by atoms with van der Waals surface area (Å²) in [6, 6.07) is -0.825. The average molecular weight is 368 g/mol. The molecule has 26 heavy (non-hydrogen) atoms. The summed E-state index contributed by atoms with van der Waals surface area (Å²) in [5, 5.41) is 52.3. The van der Waals surface area contributed by atoms with Crippen molar-refractivity contribution in [3.63, 3.8) is 0 Å². The lowest BCUT2D eigenvalue weighted by Crippen LogP contribution is -2.64. The Kier molecular flexibility index (Phi) is 3.61. The Morgan fingerprint density at radius 2 is 2.04 bits per heavy atom. The fourth-order valence-corrected chi connectivity index (χ4v) is 3.96. The van der Waals surface area contributed by atoms with Gasteiger partial charge in [0.15, 0.2) is 11.5 Å². The number of hydrogen-bond acceptors (Lipinski definition) is 8. The van der Waals surface area contributed by atoms with Crippen LogP contribution < -0.4 is 14.8 Å². The molecule has 0 spiro atoms. The number of aromatic hydroxyl groups is 1. The number of rotatable bonds is 1. The summed E-state index contributed by atoms with van der Waals surface area (Å²) >= 11 is 0. The number of nitrogens with one attached hydrogen (secondary N) is 1. The second-order valence-electron chi connectivity index (χ2n) is 6.44. The van der Waals surface area contributed by atoms with E-state index in [1.54, 1.807) is 0 Å². The summed E-state index contributed by atoms with van der Waals surface area (Å²) < 4.78 is 10.4. The molecule has 4 rings (SSSR count). The van der Waals surface area contributed by atoms with Gasteiger partial charge in [0.1, 0.15) is 6.10 Å². The molecule has 1 fully saturated rings. The van der Waals surface area contributed by atoms with Crippen molar-refractivity contribution in [2.24, 2.45) is 0 Å². The van der Waals surface area contributed by atoms with Crippen LogP contribution in [-0.4, -0.2) is 73.8 Å². The third kappa shape index (κ3) is 2.18. The quantitative estimate of drug-likeness (QED) is 0.274. The van der Waals surface area contributed by atoms with Crippen LogP contribution in [0.5, 0.6) is 17.2 Å². The molecule has 11 nitrogen and oxygen atoms in total. The lowest BCUT2D eigenvalue weighted by atomic mass is 9.70. The molecule has 1 aromatic rings. The fourth-order valence-electron chi connectivity index (χ4n) is 3.96. The van der Waals surface area contributed by atoms with Crippen LogP contribution in [0.2, 0.25) is 0 Å². The molecule has 2 heterocycles. The zero-order valence-electron chi connectivity index (χ0n) is 13.2. The van der Waals surface area contributed by atoms with Gasteiger partial charge in [-0.25, -0.2) is 4.79 Å². The molecule has 11 heteroatoms. The minimum absolute atomic E-state index is 0.00983. The number of carbonyl (C=O) groups excluding carboxylic acids is 1. The number of carboxylic acid groups (broad SMARTS) is 1. The molecule has 0 aromatic heterocycles. The Bertz CT molecular complexity index is 798. The van der Waals surface area contributed by atoms with Gasteiger partial charge in [0.05, 0.1) is 23.8 Å². The van der Waals surface area contributed by atoms with Gasteiger partial charge in [-0.05, 0) is 18.1 Å². The number of hydroxylamine groups is 2. The van der Waals surface area contributed by atoms with Crippen LogP contribution in [0, 0.1) is 0 Å². The molecule has 1 unspecified atom stereocenters. The van der Waals surface area contributed by atoms with Crippen molar-refractivity contribution < 1.29 is 44.7 Å². The molecule has 0 saturated heterocycles. The Morgan fingerprint density at radius 1 is 1.31 bits per heavy atom. The molecule has 6 N–H and O–H groups in total. The van der Waals surface area contributed by atoms with Crippen LogP contribution in [0.3, 0.4) is 0 Å². The van der Waals surface area contributed by atoms with Crippen LogP contribution in [0.1, 0.15) is 28.3 Å². The summed E-state index contributed by atoms with van der Waals surface area (Å²) in [5.74, 6) is -1.96. The summed E-state index contributed by atoms with van der Waals surface area (Å²) in [6.45, 7) is -0.159. The second kappa shape index (κ2) is 5.62. The summed E-state index contributed by atoms with van der Waals surface area (Å²) in [7, 11) is 0. The molecule has 1 aromatic carbocycles. The van der Waals surface area contributed by atoms with E-state index in [1.165, 1.54) is 6.07 Å². The zero-order chi connectivity index (χ0) is 18.7. The lowest BCUT2D eigenvalue weighted by Gasteiger charge is -2.47. The van der Waals surface area contributed by atoms with Crippen LogP contribution in [-0.2, 0) is 0 Å². The molecule has 1 saturated carbocycles. The summed E-state index contributed by atoms with van der Waals surface area (Å²) in [5.41, 5.74) is 0.0413. The number of benzene rings is 1. The van der Waals surface area contributed by atoms with Gasteiger partial charge < -0.3 is 35.2 Å². The van der Waals surface area contributed by atoms with Crippen molar-refractivity contribution in [2.45, 2.75) is 36.6 Å². The third-order valence-electron chi connectivity index (χ3n) is 5.11. The maximum absolute atomic E-state index is 12.5. The first kappa shape index (κ1) is 16.7. The molecule has 0 bridgehead atoms. The predicted molar refractivity (Wildman–Crippen MR) is 80.3 cm³/mol. The van der Waals surface area contributed by atoms with E-state index in [9.17, 15) is 30.1 Å². The van der Waals surface area contributed by atoms with Gasteiger partial charge in [-0.2, -0.15) is 5.06 Å². The molecule has 140 valence electrons. The molecule has 5 atom stereocenters. The monoisotopic (exact) mass is 368 g/mol. The Balaban J connectivity index is 1.90. The molecule has 1 aliphatic carbocycles. The largest absolute Gasteiger partial charge is 0.504 e. The van der Waals surface area contributed by atoms with Gasteiger partial charge in [0.2, 0.25) is 12.5 Å². The van der Waals surface area contributed by atoms with Crippen LogP contribution in [0.15, 0.2) is 6.07 Å². The number of nitrogens with zero attached hydrogens (tertiary/aromatic N) is 1. The van der Waals surface area contributed by atoms with Crippen molar-refractivity contribution in [1.29, 1.82) is 0 Å². The van der Waals surface area contributed by atoms with E-state index >= 15 is 0 Å². The number of fused-ring (bicyclic) bond motifs is 4. The molecule has 2 amide bonds. The van der Waals surface area contributed by atoms with Gasteiger partial charge in [-0.3, -0.25) is 10.0 Å². The Morgan fingerprint density at radius 3 is 2.73 bits per heavy atom. The minimum atomic E-state index is -1.65. The van der Waals surface area contributed by atoms with E-state index in [4.69, 9.17) is 14.6 Å². The molecular formula is C15H16N2O9. The first-order chi connectivity index (χ1) is 12.3. The molecule has 2 aliphatic heterocycles. The number of carbonyl (C=O) groups is 2. The normalized spacial score (nSPS) is 31.7. The van der Waals surface area contributed by atoms with Crippen LogP contribution in [0.4, 0.5) is 4.79 Å². The van der Waals surface area contributed by atoms with Gasteiger partial charge in [-0.15, -0.1) is 0 Å². The minimum Gasteiger partial charge on any atom is -0.504 e. The lowest BCUT2D eigenvalue weighted by molar-refractivity contribution is -0.145. The highest BCUT2D eigenvalue weighted by atomic mass is 16.7. The standard InChI is InChI=1S/C15H16N2O9/c18-6-2-5(17(24)15(22)23)8-4-1-7-13(26-3-25-7)12(20)9(4)14(21)16-10(8)11(6)19/h1,5-6,8,10-11,18-20,24H,2-3H2,(H,16,21)(H,22,23)/t5?,6-,8-,10+,11+/m0/s1. The fraction of sp³-hybridized carbons (Fsp3) is 0.467. The maximum Gasteiger partial charge on any atom is 0.431 e. The number of amides is 2. The first-order valence-electron chi connectivity index (χ1n) is 7.84. The van der Waals surface area contributed by atoms with Crippen molar-refractivity contribution in [3.8, 4) is 17.2 Å². The first-order valence-corrected chi connectivity index (χ1v) is 7.84. The number of ether oxygens (including phenoxy) is 2. The number of aliphatic hydroxyl groups is 2. The third-order valence-corrected chi connectivity index (χ3v) is 5.11. The van der Waals surface area contributed by atoms with Gasteiger partial charge in [0.25, 0.3) is 5.91 Å². The summed E-state index contributed by atoms with van der Waals surface area (Å²) in [6.07, 6.45) is -4.67. The molecule has 0 radical (unpaired) electrons. The predicted octanol–water partition coefficient (Wildman–Crippen LogP) is -0.820. The Labute approximate surface area is 145 Å². The van der Waals surface area contributed by atoms with Crippen molar-refractivity contribution in [3.05, 3.63) is 17.2 Å². The highest BCUT2D eigenvalue weighted by Gasteiger charge is 2.52. The average Bonchev–Trinajstić information content (AvgIpc) is 3.06. The van der Waals surface area contributed by atoms with E-state index in [1.807, 2.05) is 0 Å². The van der Waals surface area contributed by atoms with E-state index < -0.39 is 48.0 Å². The summed E-state index contributed by atoms with van der Waals surface area (Å²) in [4.78, 5) is 23.7. The molecular weight excluding hydrogens is 352 g/mol. The highest BCUT2D eigenvalue weighted by molar-refractivity contribution is 6.01. The molecule has 3 aliphatic rings. The SMILES string of the molecule is O=C1N[C@H]2[C@H](O)[C@@H](O)CC(N(O)C(=O)O)[C@@H]2c2cc3c(c(O)c21)OCO3. The van der Waals surface area contributed by atoms with Gasteiger partial charge in [0, 0.05) is 5.92 Å². The van der Waals surface area contributed by atoms with Crippen molar-refractivity contribution >= 4 is 12.0 Å². The number of hydrogen-bond donors (Lipinski definition) is 6. The van der Waals surface area contributed by atoms with Gasteiger partial charge in [-0.1, -0.05) is 0 Å². The van der Waals surface area contributed by atoms with E-state index in [2.05, 4.69) is 5.32 Å². The number of phenolic OH excluding ortho intramolecular Hbond substituents is 1.